The van der Waals surface area contributed by atoms with E-state index in [4.69, 9.17) is 9.47 Å². The highest BCUT2D eigenvalue weighted by atomic mass is 19.1. The molecule has 2 aliphatic heterocycles. The quantitative estimate of drug-likeness (QED) is 0.388. The third-order valence-electron chi connectivity index (χ3n) is 7.58. The van der Waals surface area contributed by atoms with E-state index in [0.717, 1.165) is 42.6 Å². The smallest absolute Gasteiger partial charge is 0.264 e. The molecule has 1 amide bonds. The third kappa shape index (κ3) is 5.31. The van der Waals surface area contributed by atoms with Gasteiger partial charge in [0, 0.05) is 18.2 Å². The van der Waals surface area contributed by atoms with Crippen LogP contribution in [0.25, 0.3) is 0 Å². The number of nitrogens with zero attached hydrogens (tertiary/aromatic N) is 1. The van der Waals surface area contributed by atoms with Gasteiger partial charge in [-0.3, -0.25) is 4.79 Å². The first-order chi connectivity index (χ1) is 17.5. The van der Waals surface area contributed by atoms with Crippen LogP contribution in [0.2, 0.25) is 0 Å². The number of ether oxygens (including phenoxy) is 2. The molecule has 0 spiro atoms. The Morgan fingerprint density at radius 2 is 1.86 bits per heavy atom. The molecule has 0 aromatic heterocycles. The van der Waals surface area contributed by atoms with Crippen LogP contribution in [0.15, 0.2) is 72.8 Å². The minimum Gasteiger partial charge on any atom is -0.484 e. The Morgan fingerprint density at radius 3 is 2.67 bits per heavy atom. The van der Waals surface area contributed by atoms with E-state index in [1.54, 1.807) is 0 Å². The SMILES string of the molecule is CC(C)[C@@H]1C[C@H](c2ccc(F)cc2)CO[C@H]1c1cccc(OCC(=O)N2CCCc3ccccc32)c1. The van der Waals surface area contributed by atoms with Gasteiger partial charge in [-0.2, -0.15) is 0 Å². The Morgan fingerprint density at radius 1 is 1.06 bits per heavy atom. The molecule has 1 fully saturated rings. The number of para-hydroxylation sites is 1. The van der Waals surface area contributed by atoms with Gasteiger partial charge in [-0.05, 0) is 78.1 Å². The topological polar surface area (TPSA) is 38.8 Å². The summed E-state index contributed by atoms with van der Waals surface area (Å²) in [4.78, 5) is 14.9. The molecule has 0 aliphatic carbocycles. The lowest BCUT2D eigenvalue weighted by atomic mass is 9.76. The number of carbonyl (C=O) groups excluding carboxylic acids is 1. The second-order valence-electron chi connectivity index (χ2n) is 10.3. The maximum Gasteiger partial charge on any atom is 0.264 e. The number of rotatable bonds is 6. The highest BCUT2D eigenvalue weighted by Crippen LogP contribution is 2.44. The van der Waals surface area contributed by atoms with Gasteiger partial charge < -0.3 is 14.4 Å². The molecule has 5 rings (SSSR count). The van der Waals surface area contributed by atoms with Gasteiger partial charge in [-0.25, -0.2) is 4.39 Å². The molecule has 1 saturated heterocycles. The third-order valence-corrected chi connectivity index (χ3v) is 7.58. The fourth-order valence-electron chi connectivity index (χ4n) is 5.59. The van der Waals surface area contributed by atoms with Crippen LogP contribution >= 0.6 is 0 Å². The second kappa shape index (κ2) is 10.8. The number of anilines is 1. The first kappa shape index (κ1) is 24.5. The minimum atomic E-state index is -0.214. The van der Waals surface area contributed by atoms with Crippen LogP contribution in [0.3, 0.4) is 0 Å². The summed E-state index contributed by atoms with van der Waals surface area (Å²) in [6, 6.07) is 22.8. The molecule has 2 heterocycles. The number of halogens is 1. The predicted molar refractivity (Wildman–Crippen MR) is 140 cm³/mol. The number of aryl methyl sites for hydroxylation is 1. The molecule has 2 aliphatic rings. The molecule has 3 atom stereocenters. The lowest BCUT2D eigenvalue weighted by Crippen LogP contribution is -2.38. The molecular formula is C31H34FNO3. The van der Waals surface area contributed by atoms with Crippen molar-refractivity contribution >= 4 is 11.6 Å². The molecule has 36 heavy (non-hydrogen) atoms. The molecule has 3 aromatic carbocycles. The van der Waals surface area contributed by atoms with Crippen LogP contribution in [-0.4, -0.2) is 25.7 Å². The van der Waals surface area contributed by atoms with Crippen molar-refractivity contribution in [3.63, 3.8) is 0 Å². The summed E-state index contributed by atoms with van der Waals surface area (Å²) in [5.41, 5.74) is 4.40. The average molecular weight is 488 g/mol. The summed E-state index contributed by atoms with van der Waals surface area (Å²) >= 11 is 0. The normalized spacial score (nSPS) is 21.8. The summed E-state index contributed by atoms with van der Waals surface area (Å²) in [7, 11) is 0. The molecule has 0 bridgehead atoms. The molecule has 0 unspecified atom stereocenters. The van der Waals surface area contributed by atoms with E-state index < -0.39 is 0 Å². The van der Waals surface area contributed by atoms with Crippen molar-refractivity contribution in [1.29, 1.82) is 0 Å². The van der Waals surface area contributed by atoms with Crippen molar-refractivity contribution in [3.8, 4) is 5.75 Å². The average Bonchev–Trinajstić information content (AvgIpc) is 2.91. The van der Waals surface area contributed by atoms with Crippen LogP contribution < -0.4 is 9.64 Å². The summed E-state index contributed by atoms with van der Waals surface area (Å²) in [5, 5.41) is 0. The maximum atomic E-state index is 13.4. The van der Waals surface area contributed by atoms with Gasteiger partial charge in [0.25, 0.3) is 5.91 Å². The van der Waals surface area contributed by atoms with E-state index in [-0.39, 0.29) is 30.4 Å². The van der Waals surface area contributed by atoms with Crippen LogP contribution in [0, 0.1) is 17.7 Å². The number of amides is 1. The largest absolute Gasteiger partial charge is 0.484 e. The van der Waals surface area contributed by atoms with E-state index in [1.165, 1.54) is 17.7 Å². The number of hydrogen-bond acceptors (Lipinski definition) is 3. The minimum absolute atomic E-state index is 0.00353. The van der Waals surface area contributed by atoms with Gasteiger partial charge in [0.05, 0.1) is 12.7 Å². The van der Waals surface area contributed by atoms with Crippen LogP contribution in [0.1, 0.15) is 55.4 Å². The highest BCUT2D eigenvalue weighted by molar-refractivity contribution is 5.95. The summed E-state index contributed by atoms with van der Waals surface area (Å²) in [6.07, 6.45) is 2.90. The number of benzene rings is 3. The number of carbonyl (C=O) groups is 1. The number of fused-ring (bicyclic) bond motifs is 1. The second-order valence-corrected chi connectivity index (χ2v) is 10.3. The van der Waals surface area contributed by atoms with Gasteiger partial charge in [-0.15, -0.1) is 0 Å². The van der Waals surface area contributed by atoms with E-state index in [0.29, 0.717) is 24.2 Å². The monoisotopic (exact) mass is 487 g/mol. The summed E-state index contributed by atoms with van der Waals surface area (Å²) < 4.78 is 25.8. The highest BCUT2D eigenvalue weighted by Gasteiger charge is 2.35. The zero-order valence-corrected chi connectivity index (χ0v) is 21.0. The standard InChI is InChI=1S/C31H34FNO3/c1-21(2)28-18-25(22-12-14-26(32)15-13-22)19-36-31(28)24-8-5-10-27(17-24)35-20-30(34)33-16-6-9-23-7-3-4-11-29(23)33/h3-5,7-8,10-15,17,21,25,28,31H,6,9,16,18-20H2,1-2H3/t25-,28-,31-/m0/s1. The van der Waals surface area contributed by atoms with Crippen molar-refractivity contribution in [2.24, 2.45) is 11.8 Å². The maximum absolute atomic E-state index is 13.4. The molecular weight excluding hydrogens is 453 g/mol. The fraction of sp³-hybridized carbons (Fsp3) is 0.387. The van der Waals surface area contributed by atoms with Gasteiger partial charge in [0.1, 0.15) is 11.6 Å². The predicted octanol–water partition coefficient (Wildman–Crippen LogP) is 6.70. The molecule has 4 nitrogen and oxygen atoms in total. The zero-order valence-electron chi connectivity index (χ0n) is 21.0. The lowest BCUT2D eigenvalue weighted by Gasteiger charge is -2.39. The lowest BCUT2D eigenvalue weighted by molar-refractivity contribution is -0.120. The van der Waals surface area contributed by atoms with Crippen molar-refractivity contribution in [2.45, 2.75) is 45.1 Å². The van der Waals surface area contributed by atoms with Gasteiger partial charge in [0.2, 0.25) is 0 Å². The zero-order chi connectivity index (χ0) is 25.1. The van der Waals surface area contributed by atoms with Crippen molar-refractivity contribution in [1.82, 2.24) is 0 Å². The molecule has 188 valence electrons. The fourth-order valence-corrected chi connectivity index (χ4v) is 5.59. The Kier molecular flexibility index (Phi) is 7.38. The van der Waals surface area contributed by atoms with E-state index in [9.17, 15) is 9.18 Å². The molecule has 0 N–H and O–H groups in total. The molecule has 3 aromatic rings. The van der Waals surface area contributed by atoms with Crippen molar-refractivity contribution < 1.29 is 18.7 Å². The molecule has 0 saturated carbocycles. The van der Waals surface area contributed by atoms with Crippen molar-refractivity contribution in [2.75, 3.05) is 24.7 Å². The van der Waals surface area contributed by atoms with Crippen molar-refractivity contribution in [3.05, 3.63) is 95.3 Å². The molecule has 5 heteroatoms. The van der Waals surface area contributed by atoms with Crippen LogP contribution in [0.5, 0.6) is 5.75 Å². The number of hydrogen-bond donors (Lipinski definition) is 0. The van der Waals surface area contributed by atoms with E-state index >= 15 is 0 Å². The van der Waals surface area contributed by atoms with Gasteiger partial charge in [0.15, 0.2) is 6.61 Å². The van der Waals surface area contributed by atoms with Crippen LogP contribution in [0.4, 0.5) is 10.1 Å². The van der Waals surface area contributed by atoms with E-state index in [1.807, 2.05) is 53.4 Å². The van der Waals surface area contributed by atoms with E-state index in [2.05, 4.69) is 26.0 Å². The van der Waals surface area contributed by atoms with Crippen LogP contribution in [-0.2, 0) is 16.0 Å². The Bertz CT molecular complexity index is 1190. The van der Waals surface area contributed by atoms with Gasteiger partial charge >= 0.3 is 0 Å². The first-order valence-corrected chi connectivity index (χ1v) is 13.0. The Labute approximate surface area is 213 Å². The summed E-state index contributed by atoms with van der Waals surface area (Å²) in [6.45, 7) is 5.77. The Balaban J connectivity index is 1.26. The van der Waals surface area contributed by atoms with Gasteiger partial charge in [-0.1, -0.05) is 56.3 Å². The first-order valence-electron chi connectivity index (χ1n) is 13.0. The summed E-state index contributed by atoms with van der Waals surface area (Å²) in [5.74, 6) is 1.42. The Hall–Kier alpha value is -3.18. The molecule has 0 radical (unpaired) electrons.